The summed E-state index contributed by atoms with van der Waals surface area (Å²) in [6.45, 7) is 5.54. The van der Waals surface area contributed by atoms with Crippen LogP contribution >= 0.6 is 27.3 Å². The Kier molecular flexibility index (Phi) is 9.32. The number of benzene rings is 1. The molecule has 0 aliphatic rings. The number of esters is 2. The Bertz CT molecular complexity index is 911. The first-order chi connectivity index (χ1) is 14.3. The van der Waals surface area contributed by atoms with E-state index in [9.17, 15) is 14.4 Å². The number of aryl methyl sites for hydroxylation is 1. The van der Waals surface area contributed by atoms with E-state index in [1.54, 1.807) is 13.8 Å². The zero-order valence-corrected chi connectivity index (χ0v) is 19.5. The monoisotopic (exact) mass is 497 g/mol. The van der Waals surface area contributed by atoms with Crippen molar-refractivity contribution in [1.82, 2.24) is 0 Å². The molecule has 2 aromatic rings. The first-order valence-electron chi connectivity index (χ1n) is 9.42. The van der Waals surface area contributed by atoms with Crippen LogP contribution in [0.25, 0.3) is 0 Å². The van der Waals surface area contributed by atoms with Crippen molar-refractivity contribution in [2.75, 3.05) is 25.1 Å². The molecule has 0 bridgehead atoms. The van der Waals surface area contributed by atoms with Crippen molar-refractivity contribution in [2.24, 2.45) is 0 Å². The van der Waals surface area contributed by atoms with E-state index >= 15 is 0 Å². The Labute approximate surface area is 187 Å². The maximum absolute atomic E-state index is 12.2. The van der Waals surface area contributed by atoms with Crippen LogP contribution in [0.1, 0.15) is 40.6 Å². The fourth-order valence-electron chi connectivity index (χ4n) is 2.51. The lowest BCUT2D eigenvalue weighted by Crippen LogP contribution is -2.22. The van der Waals surface area contributed by atoms with Crippen molar-refractivity contribution in [3.8, 4) is 5.75 Å². The molecule has 162 valence electrons. The van der Waals surface area contributed by atoms with Crippen molar-refractivity contribution >= 4 is 50.1 Å². The van der Waals surface area contributed by atoms with Crippen LogP contribution in [0.2, 0.25) is 0 Å². The van der Waals surface area contributed by atoms with Gasteiger partial charge in [0.25, 0.3) is 5.91 Å². The summed E-state index contributed by atoms with van der Waals surface area (Å²) in [5.41, 5.74) is 1.10. The van der Waals surface area contributed by atoms with Gasteiger partial charge in [-0.2, -0.15) is 0 Å². The SMILES string of the molecule is CCOC(=O)c1c(NC(=O)COC(=O)CCCOc2cccc(Br)c2)sc(C)c1C. The predicted octanol–water partition coefficient (Wildman–Crippen LogP) is 4.65. The molecule has 0 atom stereocenters. The molecule has 0 unspecified atom stereocenters. The lowest BCUT2D eigenvalue weighted by Gasteiger charge is -2.08. The number of hydrogen-bond donors (Lipinski definition) is 1. The number of halogens is 1. The summed E-state index contributed by atoms with van der Waals surface area (Å²) in [7, 11) is 0. The van der Waals surface area contributed by atoms with Crippen molar-refractivity contribution < 1.29 is 28.6 Å². The third kappa shape index (κ3) is 7.14. The van der Waals surface area contributed by atoms with E-state index in [4.69, 9.17) is 14.2 Å². The van der Waals surface area contributed by atoms with Crippen LogP contribution in [-0.2, 0) is 19.1 Å². The predicted molar refractivity (Wildman–Crippen MR) is 118 cm³/mol. The van der Waals surface area contributed by atoms with Crippen LogP contribution in [0.4, 0.5) is 5.00 Å². The number of amides is 1. The smallest absolute Gasteiger partial charge is 0.341 e. The Morgan fingerprint density at radius 3 is 2.63 bits per heavy atom. The van der Waals surface area contributed by atoms with Gasteiger partial charge in [0.15, 0.2) is 6.61 Å². The average Bonchev–Trinajstić information content (AvgIpc) is 2.97. The Morgan fingerprint density at radius 2 is 1.93 bits per heavy atom. The lowest BCUT2D eigenvalue weighted by molar-refractivity contribution is -0.147. The number of rotatable bonds is 10. The molecule has 7 nitrogen and oxygen atoms in total. The summed E-state index contributed by atoms with van der Waals surface area (Å²) in [5, 5.41) is 3.03. The largest absolute Gasteiger partial charge is 0.494 e. The molecule has 30 heavy (non-hydrogen) atoms. The highest BCUT2D eigenvalue weighted by molar-refractivity contribution is 9.10. The van der Waals surface area contributed by atoms with Gasteiger partial charge in [0.2, 0.25) is 0 Å². The molecule has 1 amide bonds. The van der Waals surface area contributed by atoms with Gasteiger partial charge in [-0.15, -0.1) is 11.3 Å². The molecule has 1 aromatic carbocycles. The highest BCUT2D eigenvalue weighted by Crippen LogP contribution is 2.33. The van der Waals surface area contributed by atoms with Gasteiger partial charge < -0.3 is 19.5 Å². The fourth-order valence-corrected chi connectivity index (χ4v) is 3.95. The summed E-state index contributed by atoms with van der Waals surface area (Å²) in [4.78, 5) is 37.0. The summed E-state index contributed by atoms with van der Waals surface area (Å²) in [5.74, 6) is -0.791. The fraction of sp³-hybridized carbons (Fsp3) is 0.381. The highest BCUT2D eigenvalue weighted by atomic mass is 79.9. The summed E-state index contributed by atoms with van der Waals surface area (Å²) in [6, 6.07) is 7.41. The number of thiophene rings is 1. The number of ether oxygens (including phenoxy) is 3. The van der Waals surface area contributed by atoms with Crippen molar-refractivity contribution in [3.05, 3.63) is 44.7 Å². The average molecular weight is 498 g/mol. The molecule has 1 heterocycles. The quantitative estimate of drug-likeness (QED) is 0.379. The minimum atomic E-state index is -0.513. The summed E-state index contributed by atoms with van der Waals surface area (Å²) < 4.78 is 16.5. The molecule has 0 saturated heterocycles. The maximum Gasteiger partial charge on any atom is 0.341 e. The molecule has 0 aliphatic carbocycles. The number of carbonyl (C=O) groups excluding carboxylic acids is 3. The molecule has 1 aromatic heterocycles. The maximum atomic E-state index is 12.2. The topological polar surface area (TPSA) is 90.9 Å². The molecular weight excluding hydrogens is 474 g/mol. The second kappa shape index (κ2) is 11.7. The molecule has 0 spiro atoms. The van der Waals surface area contributed by atoms with Gasteiger partial charge >= 0.3 is 11.9 Å². The second-order valence-electron chi connectivity index (χ2n) is 6.33. The van der Waals surface area contributed by atoms with Gasteiger partial charge in [-0.25, -0.2) is 4.79 Å². The first kappa shape index (κ1) is 23.9. The molecule has 0 aliphatic heterocycles. The molecule has 0 saturated carbocycles. The first-order valence-corrected chi connectivity index (χ1v) is 11.0. The zero-order valence-electron chi connectivity index (χ0n) is 17.1. The number of anilines is 1. The highest BCUT2D eigenvalue weighted by Gasteiger charge is 2.22. The van der Waals surface area contributed by atoms with Gasteiger partial charge in [-0.3, -0.25) is 9.59 Å². The van der Waals surface area contributed by atoms with Crippen LogP contribution < -0.4 is 10.1 Å². The molecule has 0 radical (unpaired) electrons. The van der Waals surface area contributed by atoms with Crippen LogP contribution in [-0.4, -0.2) is 37.7 Å². The minimum Gasteiger partial charge on any atom is -0.494 e. The number of hydrogen-bond acceptors (Lipinski definition) is 7. The van der Waals surface area contributed by atoms with Gasteiger partial charge in [0.1, 0.15) is 10.8 Å². The van der Waals surface area contributed by atoms with Crippen molar-refractivity contribution in [2.45, 2.75) is 33.6 Å². The minimum absolute atomic E-state index is 0.132. The molecule has 2 rings (SSSR count). The Hall–Kier alpha value is -2.39. The normalized spacial score (nSPS) is 10.4. The number of nitrogens with one attached hydrogen (secondary N) is 1. The van der Waals surface area contributed by atoms with Crippen LogP contribution in [0.3, 0.4) is 0 Å². The zero-order chi connectivity index (χ0) is 22.1. The van der Waals surface area contributed by atoms with Crippen molar-refractivity contribution in [1.29, 1.82) is 0 Å². The van der Waals surface area contributed by atoms with E-state index in [0.29, 0.717) is 29.3 Å². The molecule has 9 heteroatoms. The van der Waals surface area contributed by atoms with Crippen molar-refractivity contribution in [3.63, 3.8) is 0 Å². The van der Waals surface area contributed by atoms with E-state index in [2.05, 4.69) is 21.2 Å². The standard InChI is InChI=1S/C21H24BrNO6S/c1-4-27-21(26)19-13(2)14(3)30-20(19)23-17(24)12-29-18(25)9-6-10-28-16-8-5-7-15(22)11-16/h5,7-8,11H,4,6,9-10,12H2,1-3H3,(H,23,24). The van der Waals surface area contributed by atoms with E-state index < -0.39 is 24.5 Å². The molecule has 1 N–H and O–H groups in total. The lowest BCUT2D eigenvalue weighted by atomic mass is 10.1. The molecular formula is C21H24BrNO6S. The summed E-state index contributed by atoms with van der Waals surface area (Å²) in [6.07, 6.45) is 0.593. The van der Waals surface area contributed by atoms with Gasteiger partial charge in [-0.05, 0) is 51.0 Å². The van der Waals surface area contributed by atoms with Crippen LogP contribution in [0.15, 0.2) is 28.7 Å². The van der Waals surface area contributed by atoms with E-state index in [-0.39, 0.29) is 13.0 Å². The third-order valence-corrected chi connectivity index (χ3v) is 5.69. The van der Waals surface area contributed by atoms with Crippen LogP contribution in [0.5, 0.6) is 5.75 Å². The van der Waals surface area contributed by atoms with Crippen LogP contribution in [0, 0.1) is 13.8 Å². The Balaban J connectivity index is 1.76. The second-order valence-corrected chi connectivity index (χ2v) is 8.47. The van der Waals surface area contributed by atoms with Gasteiger partial charge in [-0.1, -0.05) is 22.0 Å². The molecule has 0 fully saturated rings. The van der Waals surface area contributed by atoms with E-state index in [0.717, 1.165) is 14.9 Å². The van der Waals surface area contributed by atoms with Gasteiger partial charge in [0.05, 0.1) is 18.8 Å². The Morgan fingerprint density at radius 1 is 1.17 bits per heavy atom. The number of carbonyl (C=O) groups is 3. The van der Waals surface area contributed by atoms with Gasteiger partial charge in [0, 0.05) is 15.8 Å². The summed E-state index contributed by atoms with van der Waals surface area (Å²) >= 11 is 4.64. The van der Waals surface area contributed by atoms with E-state index in [1.165, 1.54) is 11.3 Å². The third-order valence-electron chi connectivity index (χ3n) is 4.07. The van der Waals surface area contributed by atoms with E-state index in [1.807, 2.05) is 31.2 Å².